The van der Waals surface area contributed by atoms with Crippen LogP contribution in [-0.4, -0.2) is 47.8 Å². The Bertz CT molecular complexity index is 554. The monoisotopic (exact) mass is 320 g/mol. The van der Waals surface area contributed by atoms with Gasteiger partial charge in [-0.1, -0.05) is 18.0 Å². The molecule has 1 aliphatic heterocycles. The first-order valence-electron chi connectivity index (χ1n) is 7.99. The first kappa shape index (κ1) is 15.3. The minimum absolute atomic E-state index is 0.0228. The zero-order chi connectivity index (χ0) is 15.5. The predicted molar refractivity (Wildman–Crippen MR) is 85.9 cm³/mol. The molecule has 2 amide bonds. The number of halogens is 1. The molecule has 1 heterocycles. The molecule has 4 nitrogen and oxygen atoms in total. The molecule has 0 N–H and O–H groups in total. The van der Waals surface area contributed by atoms with Crippen molar-refractivity contribution in [3.8, 4) is 0 Å². The molecule has 0 aromatic heterocycles. The number of benzene rings is 1. The molecule has 22 heavy (non-hydrogen) atoms. The van der Waals surface area contributed by atoms with Crippen molar-refractivity contribution in [2.45, 2.75) is 25.7 Å². The topological polar surface area (TPSA) is 40.6 Å². The molecule has 0 bridgehead atoms. The molecule has 1 saturated carbocycles. The van der Waals surface area contributed by atoms with Crippen molar-refractivity contribution >= 4 is 23.4 Å². The van der Waals surface area contributed by atoms with Crippen molar-refractivity contribution in [3.63, 3.8) is 0 Å². The van der Waals surface area contributed by atoms with Gasteiger partial charge in [-0.25, -0.2) is 0 Å². The van der Waals surface area contributed by atoms with E-state index in [1.165, 1.54) is 6.42 Å². The Labute approximate surface area is 136 Å². The largest absolute Gasteiger partial charge is 0.341 e. The molecule has 5 heteroatoms. The fourth-order valence-electron chi connectivity index (χ4n) is 3.03. The van der Waals surface area contributed by atoms with E-state index in [4.69, 9.17) is 11.6 Å². The van der Waals surface area contributed by atoms with Gasteiger partial charge in [0.25, 0.3) is 5.91 Å². The number of carbonyl (C=O) groups excluding carboxylic acids is 2. The van der Waals surface area contributed by atoms with Crippen LogP contribution in [0.5, 0.6) is 0 Å². The van der Waals surface area contributed by atoms with Crippen LogP contribution in [0, 0.1) is 5.92 Å². The average molecular weight is 321 g/mol. The molecule has 2 aliphatic rings. The standard InChI is InChI=1S/C17H21ClN2O2/c18-15-7-5-14(6-8-15)17(22)20-10-2-9-19(11-12-20)16(21)13-3-1-4-13/h5-8,13H,1-4,9-12H2. The van der Waals surface area contributed by atoms with Crippen LogP contribution in [0.1, 0.15) is 36.0 Å². The van der Waals surface area contributed by atoms with Crippen LogP contribution in [0.2, 0.25) is 5.02 Å². The normalized spacial score (nSPS) is 19.5. The first-order valence-corrected chi connectivity index (χ1v) is 8.36. The second-order valence-electron chi connectivity index (χ2n) is 6.11. The molecule has 1 aromatic carbocycles. The van der Waals surface area contributed by atoms with E-state index in [0.717, 1.165) is 25.8 Å². The van der Waals surface area contributed by atoms with Gasteiger partial charge in [0.05, 0.1) is 0 Å². The average Bonchev–Trinajstić information content (AvgIpc) is 2.71. The summed E-state index contributed by atoms with van der Waals surface area (Å²) in [6.07, 6.45) is 4.08. The molecule has 0 radical (unpaired) electrons. The lowest BCUT2D eigenvalue weighted by Crippen LogP contribution is -2.41. The van der Waals surface area contributed by atoms with Gasteiger partial charge < -0.3 is 9.80 Å². The second-order valence-corrected chi connectivity index (χ2v) is 6.54. The summed E-state index contributed by atoms with van der Waals surface area (Å²) in [6.45, 7) is 2.73. The van der Waals surface area contributed by atoms with Gasteiger partial charge in [0.1, 0.15) is 0 Å². The van der Waals surface area contributed by atoms with E-state index in [1.807, 2.05) is 9.80 Å². The molecule has 3 rings (SSSR count). The van der Waals surface area contributed by atoms with Crippen LogP contribution in [-0.2, 0) is 4.79 Å². The molecular weight excluding hydrogens is 300 g/mol. The summed E-state index contributed by atoms with van der Waals surface area (Å²) in [6, 6.07) is 6.98. The second kappa shape index (κ2) is 6.69. The highest BCUT2D eigenvalue weighted by atomic mass is 35.5. The number of amides is 2. The number of nitrogens with zero attached hydrogens (tertiary/aromatic N) is 2. The van der Waals surface area contributed by atoms with Crippen LogP contribution < -0.4 is 0 Å². The number of carbonyl (C=O) groups is 2. The number of hydrogen-bond acceptors (Lipinski definition) is 2. The van der Waals surface area contributed by atoms with Crippen molar-refractivity contribution in [3.05, 3.63) is 34.9 Å². The molecule has 0 spiro atoms. The Hall–Kier alpha value is -1.55. The maximum absolute atomic E-state index is 12.5. The minimum atomic E-state index is 0.0228. The van der Waals surface area contributed by atoms with Crippen molar-refractivity contribution in [1.82, 2.24) is 9.80 Å². The third kappa shape index (κ3) is 3.27. The van der Waals surface area contributed by atoms with Gasteiger partial charge in [0.15, 0.2) is 0 Å². The molecule has 0 atom stereocenters. The Morgan fingerprint density at radius 2 is 1.55 bits per heavy atom. The van der Waals surface area contributed by atoms with E-state index in [1.54, 1.807) is 24.3 Å². The summed E-state index contributed by atoms with van der Waals surface area (Å²) in [4.78, 5) is 28.6. The highest BCUT2D eigenvalue weighted by Crippen LogP contribution is 2.28. The smallest absolute Gasteiger partial charge is 0.253 e. The van der Waals surface area contributed by atoms with Gasteiger partial charge in [-0.05, 0) is 43.5 Å². The third-order valence-corrected chi connectivity index (χ3v) is 4.89. The van der Waals surface area contributed by atoms with Gasteiger partial charge >= 0.3 is 0 Å². The van der Waals surface area contributed by atoms with Gasteiger partial charge in [-0.3, -0.25) is 9.59 Å². The summed E-state index contributed by atoms with van der Waals surface area (Å²) < 4.78 is 0. The third-order valence-electron chi connectivity index (χ3n) is 4.64. The van der Waals surface area contributed by atoms with E-state index >= 15 is 0 Å². The van der Waals surface area contributed by atoms with Crippen LogP contribution in [0.4, 0.5) is 0 Å². The Kier molecular flexibility index (Phi) is 4.67. The number of hydrogen-bond donors (Lipinski definition) is 0. The Balaban J connectivity index is 1.60. The van der Waals surface area contributed by atoms with Crippen molar-refractivity contribution in [2.75, 3.05) is 26.2 Å². The molecule has 118 valence electrons. The van der Waals surface area contributed by atoms with Gasteiger partial charge in [-0.2, -0.15) is 0 Å². The molecule has 1 aromatic rings. The zero-order valence-electron chi connectivity index (χ0n) is 12.6. The Morgan fingerprint density at radius 1 is 0.909 bits per heavy atom. The maximum atomic E-state index is 12.5. The lowest BCUT2D eigenvalue weighted by atomic mass is 9.84. The lowest BCUT2D eigenvalue weighted by Gasteiger charge is -2.31. The van der Waals surface area contributed by atoms with E-state index in [0.29, 0.717) is 30.2 Å². The predicted octanol–water partition coefficient (Wildman–Crippen LogP) is 2.81. The Morgan fingerprint density at radius 3 is 2.18 bits per heavy atom. The summed E-state index contributed by atoms with van der Waals surface area (Å²) in [5.74, 6) is 0.542. The van der Waals surface area contributed by atoms with E-state index < -0.39 is 0 Å². The van der Waals surface area contributed by atoms with Crippen LogP contribution in [0.15, 0.2) is 24.3 Å². The summed E-state index contributed by atoms with van der Waals surface area (Å²) in [5.41, 5.74) is 0.656. The highest BCUT2D eigenvalue weighted by molar-refractivity contribution is 6.30. The molecule has 0 unspecified atom stereocenters. The fourth-order valence-corrected chi connectivity index (χ4v) is 3.16. The van der Waals surface area contributed by atoms with E-state index in [9.17, 15) is 9.59 Å². The molecule has 1 saturated heterocycles. The summed E-state index contributed by atoms with van der Waals surface area (Å²) >= 11 is 5.86. The first-order chi connectivity index (χ1) is 10.6. The summed E-state index contributed by atoms with van der Waals surface area (Å²) in [7, 11) is 0. The zero-order valence-corrected chi connectivity index (χ0v) is 13.4. The van der Waals surface area contributed by atoms with Crippen LogP contribution in [0.25, 0.3) is 0 Å². The summed E-state index contributed by atoms with van der Waals surface area (Å²) in [5, 5.41) is 0.629. The van der Waals surface area contributed by atoms with Crippen molar-refractivity contribution in [1.29, 1.82) is 0 Å². The van der Waals surface area contributed by atoms with Gasteiger partial charge in [0.2, 0.25) is 5.91 Å². The lowest BCUT2D eigenvalue weighted by molar-refractivity contribution is -0.138. The number of rotatable bonds is 2. The molecule has 1 aliphatic carbocycles. The molecular formula is C17H21ClN2O2. The van der Waals surface area contributed by atoms with E-state index in [2.05, 4.69) is 0 Å². The van der Waals surface area contributed by atoms with Gasteiger partial charge in [-0.15, -0.1) is 0 Å². The van der Waals surface area contributed by atoms with Crippen LogP contribution >= 0.6 is 11.6 Å². The SMILES string of the molecule is O=C(c1ccc(Cl)cc1)N1CCCN(C(=O)C2CCC2)CC1. The van der Waals surface area contributed by atoms with E-state index in [-0.39, 0.29) is 17.7 Å². The van der Waals surface area contributed by atoms with Crippen molar-refractivity contribution in [2.24, 2.45) is 5.92 Å². The van der Waals surface area contributed by atoms with Crippen molar-refractivity contribution < 1.29 is 9.59 Å². The minimum Gasteiger partial charge on any atom is -0.341 e. The quantitative estimate of drug-likeness (QED) is 0.840. The van der Waals surface area contributed by atoms with Crippen LogP contribution in [0.3, 0.4) is 0 Å². The maximum Gasteiger partial charge on any atom is 0.253 e. The fraction of sp³-hybridized carbons (Fsp3) is 0.529. The van der Waals surface area contributed by atoms with Gasteiger partial charge in [0, 0.05) is 42.7 Å². The highest BCUT2D eigenvalue weighted by Gasteiger charge is 2.31. The molecule has 2 fully saturated rings.